The van der Waals surface area contributed by atoms with E-state index in [1.165, 1.54) is 193 Å². The van der Waals surface area contributed by atoms with Gasteiger partial charge in [0.05, 0.1) is 12.1 Å². The third-order valence-corrected chi connectivity index (χ3v) is 9.49. The van der Waals surface area contributed by atoms with Gasteiger partial charge in [0, 0.05) is 11.8 Å². The van der Waals surface area contributed by atoms with E-state index in [-0.39, 0.29) is 0 Å². The van der Waals surface area contributed by atoms with Gasteiger partial charge in [-0.2, -0.15) is 10.5 Å². The molecule has 0 radical (unpaired) electrons. The highest BCUT2D eigenvalue weighted by Gasteiger charge is 2.08. The highest BCUT2D eigenvalue weighted by Crippen LogP contribution is 2.20. The van der Waals surface area contributed by atoms with Gasteiger partial charge < -0.3 is 5.32 Å². The topological polar surface area (TPSA) is 59.6 Å². The summed E-state index contributed by atoms with van der Waals surface area (Å²) in [5.41, 5.74) is 0. The molecule has 2 unspecified atom stereocenters. The molecule has 0 saturated carbocycles. The van der Waals surface area contributed by atoms with E-state index in [0.717, 1.165) is 25.7 Å². The highest BCUT2D eigenvalue weighted by atomic mass is 14.8. The highest BCUT2D eigenvalue weighted by molar-refractivity contribution is 4.83. The number of hydrogen-bond acceptors (Lipinski definition) is 3. The molecule has 3 heteroatoms. The van der Waals surface area contributed by atoms with E-state index in [1.807, 2.05) is 0 Å². The molecule has 0 aromatic heterocycles. The Balaban J connectivity index is 3.31. The Hall–Kier alpha value is -1.06. The Bertz CT molecular complexity index is 552. The van der Waals surface area contributed by atoms with Gasteiger partial charge in [-0.1, -0.05) is 181 Å². The van der Waals surface area contributed by atoms with E-state index in [0.29, 0.717) is 11.8 Å². The lowest BCUT2D eigenvalue weighted by Gasteiger charge is -2.09. The van der Waals surface area contributed by atoms with E-state index >= 15 is 0 Å². The molecule has 0 amide bonds. The first-order valence-corrected chi connectivity index (χ1v) is 19.8. The maximum Gasteiger partial charge on any atom is 0.0655 e. The number of hydrogen-bond donors (Lipinski definition) is 1. The quantitative estimate of drug-likeness (QED) is 0.0729. The van der Waals surface area contributed by atoms with Crippen LogP contribution < -0.4 is 5.32 Å². The summed E-state index contributed by atoms with van der Waals surface area (Å²) in [5.74, 6) is 0.610. The molecule has 1 N–H and O–H groups in total. The maximum absolute atomic E-state index is 9.45. The van der Waals surface area contributed by atoms with Crippen LogP contribution in [0.2, 0.25) is 0 Å². The minimum absolute atomic E-state index is 0.305. The largest absolute Gasteiger partial charge is 0.317 e. The van der Waals surface area contributed by atoms with Crippen LogP contribution in [0, 0.1) is 34.5 Å². The summed E-state index contributed by atoms with van der Waals surface area (Å²) in [5, 5.41) is 22.5. The van der Waals surface area contributed by atoms with Gasteiger partial charge in [0.15, 0.2) is 0 Å². The first kappa shape index (κ1) is 41.9. The van der Waals surface area contributed by atoms with Gasteiger partial charge in [-0.15, -0.1) is 0 Å². The Morgan fingerprint density at radius 1 is 0.349 bits per heavy atom. The van der Waals surface area contributed by atoms with Crippen LogP contribution in [0.25, 0.3) is 0 Å². The molecule has 0 saturated heterocycles. The monoisotopic (exact) mass is 600 g/mol. The van der Waals surface area contributed by atoms with E-state index < -0.39 is 0 Å². The molecule has 2 atom stereocenters. The average molecular weight is 600 g/mol. The fourth-order valence-corrected chi connectivity index (χ4v) is 6.42. The molecule has 3 nitrogen and oxygen atoms in total. The lowest BCUT2D eigenvalue weighted by atomic mass is 9.95. The van der Waals surface area contributed by atoms with Crippen LogP contribution in [0.4, 0.5) is 0 Å². The van der Waals surface area contributed by atoms with Gasteiger partial charge in [0.2, 0.25) is 0 Å². The van der Waals surface area contributed by atoms with E-state index in [9.17, 15) is 10.5 Å². The van der Waals surface area contributed by atoms with Crippen molar-refractivity contribution in [3.8, 4) is 12.1 Å². The molecule has 0 rings (SSSR count). The zero-order chi connectivity index (χ0) is 31.3. The molecule has 0 aliphatic heterocycles. The van der Waals surface area contributed by atoms with Crippen molar-refractivity contribution in [2.75, 3.05) is 13.1 Å². The van der Waals surface area contributed by atoms with Crippen molar-refractivity contribution >= 4 is 0 Å². The maximum atomic E-state index is 9.45. The van der Waals surface area contributed by atoms with E-state index in [1.54, 1.807) is 0 Å². The smallest absolute Gasteiger partial charge is 0.0655 e. The number of nitrogens with one attached hydrogen (secondary N) is 1. The SMILES string of the molecule is CCCCCCCCCC(C#N)CCCCCCCCCNCCCCCCCCCC(C#N)CCCCCCCCC. The summed E-state index contributed by atoms with van der Waals surface area (Å²) in [6.45, 7) is 6.91. The normalized spacial score (nSPS) is 12.7. The summed E-state index contributed by atoms with van der Waals surface area (Å²) in [6, 6.07) is 5.14. The Morgan fingerprint density at radius 3 is 0.837 bits per heavy atom. The molecular formula is C40H77N3. The third-order valence-electron chi connectivity index (χ3n) is 9.49. The number of nitriles is 2. The molecule has 252 valence electrons. The van der Waals surface area contributed by atoms with Crippen molar-refractivity contribution in [3.05, 3.63) is 0 Å². The van der Waals surface area contributed by atoms with Gasteiger partial charge in [-0.25, -0.2) is 0 Å². The van der Waals surface area contributed by atoms with Gasteiger partial charge in [0.1, 0.15) is 0 Å². The van der Waals surface area contributed by atoms with Gasteiger partial charge in [-0.05, 0) is 51.6 Å². The molecule has 43 heavy (non-hydrogen) atoms. The Morgan fingerprint density at radius 2 is 0.581 bits per heavy atom. The molecule has 0 bridgehead atoms. The predicted molar refractivity (Wildman–Crippen MR) is 190 cm³/mol. The first-order chi connectivity index (χ1) is 21.3. The lowest BCUT2D eigenvalue weighted by Crippen LogP contribution is -2.16. The molecule has 0 spiro atoms. The number of rotatable bonds is 36. The standard InChI is InChI=1S/C40H77N3/c1-3-5-7-9-13-19-25-31-39(37-41)33-27-21-15-11-17-23-29-35-43-36-30-24-18-12-16-22-28-34-40(38-42)32-26-20-14-10-8-6-4-2/h39-40,43H,3-36H2,1-2H3. The molecule has 0 aliphatic rings. The molecular weight excluding hydrogens is 522 g/mol. The molecule has 0 heterocycles. The first-order valence-electron chi connectivity index (χ1n) is 19.8. The molecule has 0 fully saturated rings. The minimum Gasteiger partial charge on any atom is -0.317 e. The average Bonchev–Trinajstić information content (AvgIpc) is 3.02. The van der Waals surface area contributed by atoms with Crippen LogP contribution >= 0.6 is 0 Å². The minimum atomic E-state index is 0.305. The fourth-order valence-electron chi connectivity index (χ4n) is 6.42. The molecule has 0 aromatic carbocycles. The summed E-state index contributed by atoms with van der Waals surface area (Å²) in [6.07, 6.45) is 42.0. The summed E-state index contributed by atoms with van der Waals surface area (Å²) in [4.78, 5) is 0. The Labute approximate surface area is 271 Å². The van der Waals surface area contributed by atoms with E-state index in [4.69, 9.17) is 0 Å². The number of unbranched alkanes of at least 4 members (excludes halogenated alkanes) is 24. The summed E-state index contributed by atoms with van der Waals surface area (Å²) in [7, 11) is 0. The van der Waals surface area contributed by atoms with Crippen LogP contribution in [-0.2, 0) is 0 Å². The van der Waals surface area contributed by atoms with Crippen LogP contribution in [0.15, 0.2) is 0 Å². The molecule has 0 aliphatic carbocycles. The second-order valence-electron chi connectivity index (χ2n) is 13.7. The van der Waals surface area contributed by atoms with Gasteiger partial charge >= 0.3 is 0 Å². The van der Waals surface area contributed by atoms with Gasteiger partial charge in [-0.3, -0.25) is 0 Å². The van der Waals surface area contributed by atoms with Crippen molar-refractivity contribution in [1.82, 2.24) is 5.32 Å². The zero-order valence-corrected chi connectivity index (χ0v) is 29.6. The van der Waals surface area contributed by atoms with Crippen LogP contribution in [0.5, 0.6) is 0 Å². The fraction of sp³-hybridized carbons (Fsp3) is 0.950. The van der Waals surface area contributed by atoms with Crippen LogP contribution in [0.1, 0.15) is 219 Å². The second kappa shape index (κ2) is 37.1. The van der Waals surface area contributed by atoms with E-state index in [2.05, 4.69) is 31.3 Å². The van der Waals surface area contributed by atoms with Crippen molar-refractivity contribution < 1.29 is 0 Å². The van der Waals surface area contributed by atoms with Crippen molar-refractivity contribution in [3.63, 3.8) is 0 Å². The molecule has 0 aromatic rings. The third kappa shape index (κ3) is 33.7. The van der Waals surface area contributed by atoms with Crippen molar-refractivity contribution in [2.45, 2.75) is 219 Å². The summed E-state index contributed by atoms with van der Waals surface area (Å²) < 4.78 is 0. The number of nitrogens with zero attached hydrogens (tertiary/aromatic N) is 2. The van der Waals surface area contributed by atoms with Crippen molar-refractivity contribution in [2.24, 2.45) is 11.8 Å². The lowest BCUT2D eigenvalue weighted by molar-refractivity contribution is 0.468. The Kier molecular flexibility index (Phi) is 36.2. The van der Waals surface area contributed by atoms with Crippen LogP contribution in [0.3, 0.4) is 0 Å². The van der Waals surface area contributed by atoms with Crippen LogP contribution in [-0.4, -0.2) is 13.1 Å². The second-order valence-corrected chi connectivity index (χ2v) is 13.7. The zero-order valence-electron chi connectivity index (χ0n) is 29.6. The van der Waals surface area contributed by atoms with Crippen molar-refractivity contribution in [1.29, 1.82) is 10.5 Å². The summed E-state index contributed by atoms with van der Waals surface area (Å²) >= 11 is 0. The predicted octanol–water partition coefficient (Wildman–Crippen LogP) is 13.4. The van der Waals surface area contributed by atoms with Gasteiger partial charge in [0.25, 0.3) is 0 Å².